The molecule has 0 radical (unpaired) electrons. The van der Waals surface area contributed by atoms with Crippen LogP contribution in [-0.4, -0.2) is 32.3 Å². The maximum atomic E-state index is 13.8. The number of likely N-dealkylation sites (tertiary alicyclic amines) is 1. The molecule has 1 aliphatic heterocycles. The molecular formula is C24H23ClN4OS. The second kappa shape index (κ2) is 7.46. The quantitative estimate of drug-likeness (QED) is 0.409. The van der Waals surface area contributed by atoms with Crippen LogP contribution in [0.1, 0.15) is 46.6 Å². The average molecular weight is 451 g/mol. The molecule has 1 N–H and O–H groups in total. The fraction of sp³-hybridized carbons (Fsp3) is 0.292. The summed E-state index contributed by atoms with van der Waals surface area (Å²) in [6.45, 7) is 6.69. The molecule has 5 rings (SSSR count). The first-order valence-electron chi connectivity index (χ1n) is 10.4. The topological polar surface area (TPSA) is 61.9 Å². The van der Waals surface area contributed by atoms with Crippen LogP contribution in [0.25, 0.3) is 21.5 Å². The van der Waals surface area contributed by atoms with Crippen molar-refractivity contribution >= 4 is 39.9 Å². The second-order valence-electron chi connectivity index (χ2n) is 8.26. The highest BCUT2D eigenvalue weighted by Crippen LogP contribution is 2.41. The standard InChI is InChI=1S/C24H23ClN4OS/c1-14-17(25)10-11-18-19(14)28-23(27-18)24(3)12-7-13-29(24)22(30)20-21(31-15(2)26-20)16-8-5-4-6-9-16/h4-6,8-11H,7,12-13H2,1-3H3,(H,27,28). The number of hydrogen-bond acceptors (Lipinski definition) is 4. The summed E-state index contributed by atoms with van der Waals surface area (Å²) in [5.74, 6) is 0.755. The third kappa shape index (κ3) is 3.25. The maximum absolute atomic E-state index is 13.8. The molecule has 5 nitrogen and oxygen atoms in total. The summed E-state index contributed by atoms with van der Waals surface area (Å²) in [6.07, 6.45) is 1.76. The molecule has 0 aliphatic carbocycles. The summed E-state index contributed by atoms with van der Waals surface area (Å²) in [5.41, 5.74) is 3.76. The second-order valence-corrected chi connectivity index (χ2v) is 9.88. The van der Waals surface area contributed by atoms with E-state index in [4.69, 9.17) is 16.6 Å². The van der Waals surface area contributed by atoms with Gasteiger partial charge < -0.3 is 9.88 Å². The van der Waals surface area contributed by atoms with Crippen molar-refractivity contribution in [3.8, 4) is 10.4 Å². The Hall–Kier alpha value is -2.70. The van der Waals surface area contributed by atoms with E-state index >= 15 is 0 Å². The Morgan fingerprint density at radius 2 is 1.94 bits per heavy atom. The molecule has 0 spiro atoms. The van der Waals surface area contributed by atoms with Crippen LogP contribution >= 0.6 is 22.9 Å². The number of halogens is 1. The number of nitrogens with zero attached hydrogens (tertiary/aromatic N) is 3. The largest absolute Gasteiger partial charge is 0.340 e. The minimum absolute atomic E-state index is 0.0431. The molecule has 1 unspecified atom stereocenters. The van der Waals surface area contributed by atoms with Gasteiger partial charge in [0, 0.05) is 11.6 Å². The lowest BCUT2D eigenvalue weighted by molar-refractivity contribution is 0.0601. The van der Waals surface area contributed by atoms with Crippen LogP contribution in [-0.2, 0) is 5.54 Å². The van der Waals surface area contributed by atoms with E-state index in [0.29, 0.717) is 17.3 Å². The predicted molar refractivity (Wildman–Crippen MR) is 126 cm³/mol. The normalized spacial score (nSPS) is 18.8. The lowest BCUT2D eigenvalue weighted by atomic mass is 9.97. The molecular weight excluding hydrogens is 428 g/mol. The zero-order chi connectivity index (χ0) is 21.8. The first kappa shape index (κ1) is 20.2. The molecule has 0 saturated carbocycles. The van der Waals surface area contributed by atoms with E-state index in [1.54, 1.807) is 11.3 Å². The number of rotatable bonds is 3. The van der Waals surface area contributed by atoms with Gasteiger partial charge in [0.25, 0.3) is 5.91 Å². The molecule has 7 heteroatoms. The number of imidazole rings is 1. The average Bonchev–Trinajstić information content (AvgIpc) is 3.48. The van der Waals surface area contributed by atoms with E-state index in [0.717, 1.165) is 50.7 Å². The zero-order valence-corrected chi connectivity index (χ0v) is 19.3. The van der Waals surface area contributed by atoms with Gasteiger partial charge in [0.05, 0.1) is 26.5 Å². The third-order valence-electron chi connectivity index (χ3n) is 6.21. The molecule has 1 atom stereocenters. The highest BCUT2D eigenvalue weighted by atomic mass is 35.5. The summed E-state index contributed by atoms with van der Waals surface area (Å²) >= 11 is 7.86. The number of fused-ring (bicyclic) bond motifs is 1. The van der Waals surface area contributed by atoms with E-state index in [2.05, 4.69) is 16.9 Å². The number of benzene rings is 2. The van der Waals surface area contributed by atoms with Crippen molar-refractivity contribution in [1.82, 2.24) is 19.9 Å². The van der Waals surface area contributed by atoms with Crippen LogP contribution in [0.5, 0.6) is 0 Å². The van der Waals surface area contributed by atoms with E-state index in [-0.39, 0.29) is 5.91 Å². The van der Waals surface area contributed by atoms with E-state index < -0.39 is 5.54 Å². The van der Waals surface area contributed by atoms with Gasteiger partial charge in [0.15, 0.2) is 0 Å². The van der Waals surface area contributed by atoms with Gasteiger partial charge >= 0.3 is 0 Å². The van der Waals surface area contributed by atoms with Crippen molar-refractivity contribution in [3.63, 3.8) is 0 Å². The van der Waals surface area contributed by atoms with Gasteiger partial charge in [-0.2, -0.15) is 0 Å². The van der Waals surface area contributed by atoms with Crippen LogP contribution in [0.2, 0.25) is 5.02 Å². The van der Waals surface area contributed by atoms with Crippen LogP contribution < -0.4 is 0 Å². The number of aromatic amines is 1. The first-order valence-corrected chi connectivity index (χ1v) is 11.6. The smallest absolute Gasteiger partial charge is 0.274 e. The van der Waals surface area contributed by atoms with E-state index in [9.17, 15) is 4.79 Å². The van der Waals surface area contributed by atoms with Crippen molar-refractivity contribution in [2.45, 2.75) is 39.2 Å². The van der Waals surface area contributed by atoms with Crippen molar-refractivity contribution in [2.75, 3.05) is 6.54 Å². The molecule has 31 heavy (non-hydrogen) atoms. The van der Waals surface area contributed by atoms with Gasteiger partial charge in [-0.25, -0.2) is 9.97 Å². The molecule has 0 bridgehead atoms. The lowest BCUT2D eigenvalue weighted by Gasteiger charge is -2.33. The Morgan fingerprint density at radius 1 is 1.16 bits per heavy atom. The van der Waals surface area contributed by atoms with Crippen molar-refractivity contribution < 1.29 is 4.79 Å². The molecule has 2 aromatic heterocycles. The van der Waals surface area contributed by atoms with Crippen LogP contribution in [0.3, 0.4) is 0 Å². The molecule has 3 heterocycles. The van der Waals surface area contributed by atoms with Gasteiger partial charge in [-0.05, 0) is 56.9 Å². The first-order chi connectivity index (χ1) is 14.9. The fourth-order valence-corrected chi connectivity index (χ4v) is 5.53. The summed E-state index contributed by atoms with van der Waals surface area (Å²) in [7, 11) is 0. The highest BCUT2D eigenvalue weighted by molar-refractivity contribution is 7.15. The summed E-state index contributed by atoms with van der Waals surface area (Å²) in [4.78, 5) is 29.6. The predicted octanol–water partition coefficient (Wildman–Crippen LogP) is 6.11. The monoisotopic (exact) mass is 450 g/mol. The molecule has 4 aromatic rings. The van der Waals surface area contributed by atoms with Crippen LogP contribution in [0.15, 0.2) is 42.5 Å². The van der Waals surface area contributed by atoms with Gasteiger partial charge in [-0.1, -0.05) is 41.9 Å². The number of aryl methyl sites for hydroxylation is 2. The Morgan fingerprint density at radius 3 is 2.71 bits per heavy atom. The number of nitrogens with one attached hydrogen (secondary N) is 1. The third-order valence-corrected chi connectivity index (χ3v) is 7.64. The molecule has 1 aliphatic rings. The fourth-order valence-electron chi connectivity index (χ4n) is 4.46. The van der Waals surface area contributed by atoms with Crippen molar-refractivity contribution in [1.29, 1.82) is 0 Å². The molecule has 2 aromatic carbocycles. The van der Waals surface area contributed by atoms with Gasteiger partial charge in [-0.3, -0.25) is 4.79 Å². The minimum atomic E-state index is -0.527. The van der Waals surface area contributed by atoms with Gasteiger partial charge in [0.2, 0.25) is 0 Å². The number of amides is 1. The van der Waals surface area contributed by atoms with Gasteiger partial charge in [0.1, 0.15) is 11.5 Å². The van der Waals surface area contributed by atoms with E-state index in [1.165, 1.54) is 0 Å². The van der Waals surface area contributed by atoms with Crippen LogP contribution in [0, 0.1) is 13.8 Å². The van der Waals surface area contributed by atoms with E-state index in [1.807, 2.05) is 61.2 Å². The summed E-state index contributed by atoms with van der Waals surface area (Å²) in [6, 6.07) is 13.8. The number of hydrogen-bond donors (Lipinski definition) is 1. The Kier molecular flexibility index (Phi) is 4.87. The number of H-pyrrole nitrogens is 1. The van der Waals surface area contributed by atoms with Crippen molar-refractivity contribution in [3.05, 3.63) is 69.6 Å². The number of aromatic nitrogens is 3. The Labute approximate surface area is 190 Å². The lowest BCUT2D eigenvalue weighted by Crippen LogP contribution is -2.44. The van der Waals surface area contributed by atoms with Crippen molar-refractivity contribution in [2.24, 2.45) is 0 Å². The SMILES string of the molecule is Cc1nc(C(=O)N2CCCC2(C)c2nc3c(C)c(Cl)ccc3[nH]2)c(-c2ccccc2)s1. The Balaban J connectivity index is 1.57. The number of carbonyl (C=O) groups excluding carboxylic acids is 1. The van der Waals surface area contributed by atoms with Crippen LogP contribution in [0.4, 0.5) is 0 Å². The molecule has 1 amide bonds. The highest BCUT2D eigenvalue weighted by Gasteiger charge is 2.45. The Bertz CT molecular complexity index is 1300. The zero-order valence-electron chi connectivity index (χ0n) is 17.7. The molecule has 1 saturated heterocycles. The molecule has 1 fully saturated rings. The maximum Gasteiger partial charge on any atom is 0.274 e. The number of carbonyl (C=O) groups is 1. The molecule has 158 valence electrons. The summed E-state index contributed by atoms with van der Waals surface area (Å²) in [5, 5.41) is 1.58. The summed E-state index contributed by atoms with van der Waals surface area (Å²) < 4.78 is 0. The number of thiazole rings is 1. The minimum Gasteiger partial charge on any atom is -0.340 e. The van der Waals surface area contributed by atoms with Gasteiger partial charge in [-0.15, -0.1) is 11.3 Å².